The molecule has 2 fully saturated rings. The number of aromatic nitrogens is 2. The lowest BCUT2D eigenvalue weighted by Crippen LogP contribution is -2.48. The molecule has 1 atom stereocenters. The molecule has 1 aromatic rings. The van der Waals surface area contributed by atoms with Gasteiger partial charge in [0, 0.05) is 64.2 Å². The summed E-state index contributed by atoms with van der Waals surface area (Å²) in [4.78, 5) is 5.11. The largest absolute Gasteiger partial charge is 0.314 e. The van der Waals surface area contributed by atoms with Crippen molar-refractivity contribution in [2.24, 2.45) is 5.41 Å². The van der Waals surface area contributed by atoms with E-state index < -0.39 is 0 Å². The summed E-state index contributed by atoms with van der Waals surface area (Å²) in [5.41, 5.74) is 0.565. The molecular weight excluding hydrogens is 274 g/mol. The second-order valence-corrected chi connectivity index (χ2v) is 7.42. The molecule has 3 rings (SSSR count). The van der Waals surface area contributed by atoms with Gasteiger partial charge < -0.3 is 15.1 Å². The van der Waals surface area contributed by atoms with E-state index in [9.17, 15) is 0 Å². The molecule has 0 aromatic carbocycles. The van der Waals surface area contributed by atoms with Crippen LogP contribution in [0.25, 0.3) is 0 Å². The number of likely N-dealkylation sites (N-methyl/N-ethyl adjacent to an activating group) is 1. The third-order valence-corrected chi connectivity index (χ3v) is 5.29. The van der Waals surface area contributed by atoms with E-state index in [0.29, 0.717) is 11.5 Å². The SMILES string of the molecule is C[C@H](CCn1cccn1)NCC1(CN2CCN(C)CC2)CC1. The molecule has 1 N–H and O–H groups in total. The van der Waals surface area contributed by atoms with Crippen molar-refractivity contribution in [1.82, 2.24) is 24.9 Å². The molecule has 22 heavy (non-hydrogen) atoms. The molecule has 0 unspecified atom stereocenters. The quantitative estimate of drug-likeness (QED) is 0.785. The van der Waals surface area contributed by atoms with Gasteiger partial charge in [-0.05, 0) is 44.7 Å². The lowest BCUT2D eigenvalue weighted by molar-refractivity contribution is 0.128. The zero-order chi connectivity index (χ0) is 15.4. The van der Waals surface area contributed by atoms with E-state index in [4.69, 9.17) is 0 Å². The fourth-order valence-electron chi connectivity index (χ4n) is 3.30. The highest BCUT2D eigenvalue weighted by atomic mass is 15.3. The van der Waals surface area contributed by atoms with E-state index in [2.05, 4.69) is 34.2 Å². The van der Waals surface area contributed by atoms with Crippen LogP contribution in [0.3, 0.4) is 0 Å². The van der Waals surface area contributed by atoms with Gasteiger partial charge in [-0.1, -0.05) is 0 Å². The van der Waals surface area contributed by atoms with Crippen LogP contribution in [-0.4, -0.2) is 71.9 Å². The first kappa shape index (κ1) is 16.0. The fourth-order valence-corrected chi connectivity index (χ4v) is 3.30. The standard InChI is InChI=1S/C17H31N5/c1-16(4-9-22-8-3-7-19-22)18-14-17(5-6-17)15-21-12-10-20(2)11-13-21/h3,7-8,16,18H,4-6,9-15H2,1-2H3/t16-/m1/s1. The van der Waals surface area contributed by atoms with Gasteiger partial charge in [0.2, 0.25) is 0 Å². The summed E-state index contributed by atoms with van der Waals surface area (Å²) in [6.45, 7) is 10.7. The van der Waals surface area contributed by atoms with Gasteiger partial charge in [-0.2, -0.15) is 5.10 Å². The maximum Gasteiger partial charge on any atom is 0.0489 e. The first-order valence-corrected chi connectivity index (χ1v) is 8.77. The minimum absolute atomic E-state index is 0.564. The molecule has 0 radical (unpaired) electrons. The van der Waals surface area contributed by atoms with Crippen molar-refractivity contribution in [2.75, 3.05) is 46.3 Å². The van der Waals surface area contributed by atoms with Crippen LogP contribution in [0.1, 0.15) is 26.2 Å². The van der Waals surface area contributed by atoms with Crippen LogP contribution >= 0.6 is 0 Å². The summed E-state index contributed by atoms with van der Waals surface area (Å²) in [5, 5.41) is 8.04. The molecule has 0 amide bonds. The highest BCUT2D eigenvalue weighted by molar-refractivity contribution is 4.98. The minimum atomic E-state index is 0.564. The van der Waals surface area contributed by atoms with Crippen molar-refractivity contribution in [2.45, 2.75) is 38.8 Å². The Morgan fingerprint density at radius 1 is 1.23 bits per heavy atom. The van der Waals surface area contributed by atoms with Crippen molar-refractivity contribution in [1.29, 1.82) is 0 Å². The Labute approximate surface area is 134 Å². The molecular formula is C17H31N5. The first-order valence-electron chi connectivity index (χ1n) is 8.77. The summed E-state index contributed by atoms with van der Waals surface area (Å²) in [6.07, 6.45) is 7.85. The predicted molar refractivity (Wildman–Crippen MR) is 89.9 cm³/mol. The van der Waals surface area contributed by atoms with E-state index in [-0.39, 0.29) is 0 Å². The van der Waals surface area contributed by atoms with E-state index in [1.165, 1.54) is 52.1 Å². The molecule has 1 aliphatic carbocycles. The predicted octanol–water partition coefficient (Wildman–Crippen LogP) is 1.28. The molecule has 2 aliphatic rings. The topological polar surface area (TPSA) is 36.3 Å². The minimum Gasteiger partial charge on any atom is -0.314 e. The lowest BCUT2D eigenvalue weighted by atomic mass is 10.0. The van der Waals surface area contributed by atoms with Gasteiger partial charge in [-0.3, -0.25) is 4.68 Å². The second kappa shape index (κ2) is 7.11. The zero-order valence-corrected chi connectivity index (χ0v) is 14.2. The summed E-state index contributed by atoms with van der Waals surface area (Å²) >= 11 is 0. The van der Waals surface area contributed by atoms with E-state index in [0.717, 1.165) is 13.0 Å². The maximum absolute atomic E-state index is 4.27. The van der Waals surface area contributed by atoms with Gasteiger partial charge in [0.05, 0.1) is 0 Å². The Morgan fingerprint density at radius 2 is 2.00 bits per heavy atom. The fraction of sp³-hybridized carbons (Fsp3) is 0.824. The van der Waals surface area contributed by atoms with Gasteiger partial charge in [0.1, 0.15) is 0 Å². The van der Waals surface area contributed by atoms with Crippen LogP contribution in [-0.2, 0) is 6.54 Å². The molecule has 1 saturated carbocycles. The van der Waals surface area contributed by atoms with Crippen LogP contribution in [0.2, 0.25) is 0 Å². The summed E-state index contributed by atoms with van der Waals surface area (Å²) in [7, 11) is 2.23. The molecule has 1 aliphatic heterocycles. The Bertz CT molecular complexity index is 432. The van der Waals surface area contributed by atoms with Gasteiger partial charge in [-0.25, -0.2) is 0 Å². The maximum atomic E-state index is 4.27. The first-order chi connectivity index (χ1) is 10.7. The molecule has 124 valence electrons. The third-order valence-electron chi connectivity index (χ3n) is 5.29. The molecule has 5 nitrogen and oxygen atoms in total. The normalized spacial score (nSPS) is 23.5. The summed E-state index contributed by atoms with van der Waals surface area (Å²) in [5.74, 6) is 0. The average Bonchev–Trinajstić information content (AvgIpc) is 3.08. The smallest absolute Gasteiger partial charge is 0.0489 e. The Kier molecular flexibility index (Phi) is 5.16. The number of hydrogen-bond donors (Lipinski definition) is 1. The number of piperazine rings is 1. The second-order valence-electron chi connectivity index (χ2n) is 7.42. The molecule has 2 heterocycles. The van der Waals surface area contributed by atoms with Crippen LogP contribution < -0.4 is 5.32 Å². The molecule has 5 heteroatoms. The Hall–Kier alpha value is -0.910. The van der Waals surface area contributed by atoms with Gasteiger partial charge in [-0.15, -0.1) is 0 Å². The van der Waals surface area contributed by atoms with Gasteiger partial charge in [0.25, 0.3) is 0 Å². The third kappa shape index (κ3) is 4.54. The van der Waals surface area contributed by atoms with Crippen LogP contribution in [0, 0.1) is 5.41 Å². The molecule has 0 spiro atoms. The van der Waals surface area contributed by atoms with Gasteiger partial charge >= 0.3 is 0 Å². The van der Waals surface area contributed by atoms with E-state index in [1.54, 1.807) is 0 Å². The summed E-state index contributed by atoms with van der Waals surface area (Å²) in [6, 6.07) is 2.56. The number of hydrogen-bond acceptors (Lipinski definition) is 4. The number of nitrogens with zero attached hydrogens (tertiary/aromatic N) is 4. The highest BCUT2D eigenvalue weighted by Gasteiger charge is 2.43. The summed E-state index contributed by atoms with van der Waals surface area (Å²) < 4.78 is 2.02. The van der Waals surface area contributed by atoms with Crippen molar-refractivity contribution in [3.63, 3.8) is 0 Å². The number of rotatable bonds is 8. The molecule has 1 saturated heterocycles. The van der Waals surface area contributed by atoms with E-state index in [1.807, 2.05) is 23.1 Å². The molecule has 0 bridgehead atoms. The van der Waals surface area contributed by atoms with Crippen molar-refractivity contribution < 1.29 is 0 Å². The number of aryl methyl sites for hydroxylation is 1. The van der Waals surface area contributed by atoms with Crippen LogP contribution in [0.5, 0.6) is 0 Å². The Balaban J connectivity index is 1.35. The highest BCUT2D eigenvalue weighted by Crippen LogP contribution is 2.45. The van der Waals surface area contributed by atoms with E-state index >= 15 is 0 Å². The Morgan fingerprint density at radius 3 is 2.64 bits per heavy atom. The van der Waals surface area contributed by atoms with Crippen LogP contribution in [0.15, 0.2) is 18.5 Å². The number of nitrogens with one attached hydrogen (secondary N) is 1. The monoisotopic (exact) mass is 305 g/mol. The van der Waals surface area contributed by atoms with Crippen molar-refractivity contribution in [3.8, 4) is 0 Å². The van der Waals surface area contributed by atoms with Crippen molar-refractivity contribution in [3.05, 3.63) is 18.5 Å². The van der Waals surface area contributed by atoms with Gasteiger partial charge in [0.15, 0.2) is 0 Å². The average molecular weight is 305 g/mol. The van der Waals surface area contributed by atoms with Crippen molar-refractivity contribution >= 4 is 0 Å². The lowest BCUT2D eigenvalue weighted by Gasteiger charge is -2.35. The molecule has 1 aromatic heterocycles. The van der Waals surface area contributed by atoms with Crippen LogP contribution in [0.4, 0.5) is 0 Å². The zero-order valence-electron chi connectivity index (χ0n) is 14.2.